The maximum atomic E-state index is 12.7. The molecule has 3 amide bonds. The van der Waals surface area contributed by atoms with E-state index in [0.717, 1.165) is 11.4 Å². The fourth-order valence-corrected chi connectivity index (χ4v) is 3.00. The van der Waals surface area contributed by atoms with Crippen LogP contribution in [0.1, 0.15) is 44.9 Å². The van der Waals surface area contributed by atoms with Gasteiger partial charge in [0.1, 0.15) is 0 Å². The molecule has 2 heterocycles. The molecule has 2 aliphatic heterocycles. The van der Waals surface area contributed by atoms with Gasteiger partial charge in [-0.2, -0.15) is 0 Å². The second-order valence-electron chi connectivity index (χ2n) is 5.91. The minimum atomic E-state index is -0.351. The summed E-state index contributed by atoms with van der Waals surface area (Å²) in [5.41, 5.74) is 1.14. The molecule has 6 heteroatoms. The van der Waals surface area contributed by atoms with Gasteiger partial charge in [0.2, 0.25) is 0 Å². The SMILES string of the molecule is CC1NCCN(C(=O)c2ccc3c(c2)C(=O)N(C)C3=O)C1C. The van der Waals surface area contributed by atoms with E-state index in [0.29, 0.717) is 23.2 Å². The highest BCUT2D eigenvalue weighted by atomic mass is 16.2. The maximum Gasteiger partial charge on any atom is 0.261 e. The van der Waals surface area contributed by atoms with Crippen LogP contribution in [0.4, 0.5) is 0 Å². The van der Waals surface area contributed by atoms with Crippen molar-refractivity contribution < 1.29 is 14.4 Å². The lowest BCUT2D eigenvalue weighted by Gasteiger charge is -2.38. The lowest BCUT2D eigenvalue weighted by Crippen LogP contribution is -2.57. The Kier molecular flexibility index (Phi) is 3.48. The van der Waals surface area contributed by atoms with Crippen LogP contribution in [0.2, 0.25) is 0 Å². The Balaban J connectivity index is 1.92. The molecule has 1 aromatic rings. The molecule has 0 saturated carbocycles. The zero-order chi connectivity index (χ0) is 16.0. The van der Waals surface area contributed by atoms with E-state index in [-0.39, 0.29) is 29.8 Å². The van der Waals surface area contributed by atoms with Crippen LogP contribution in [0.25, 0.3) is 0 Å². The summed E-state index contributed by atoms with van der Waals surface area (Å²) in [6.45, 7) is 5.44. The van der Waals surface area contributed by atoms with Gasteiger partial charge in [0.15, 0.2) is 0 Å². The molecular formula is C16H19N3O3. The molecule has 3 rings (SSSR count). The van der Waals surface area contributed by atoms with Gasteiger partial charge in [0.25, 0.3) is 17.7 Å². The number of carbonyl (C=O) groups is 3. The normalized spacial score (nSPS) is 24.7. The standard InChI is InChI=1S/C16H19N3O3/c1-9-10(2)19(7-6-17-9)14(20)11-4-5-12-13(8-11)16(22)18(3)15(12)21/h4-5,8-10,17H,6-7H2,1-3H3. The van der Waals surface area contributed by atoms with E-state index < -0.39 is 0 Å². The number of nitrogens with zero attached hydrogens (tertiary/aromatic N) is 2. The van der Waals surface area contributed by atoms with E-state index in [2.05, 4.69) is 5.32 Å². The zero-order valence-corrected chi connectivity index (χ0v) is 12.9. The minimum absolute atomic E-state index is 0.0783. The van der Waals surface area contributed by atoms with E-state index in [1.165, 1.54) is 7.05 Å². The van der Waals surface area contributed by atoms with E-state index in [4.69, 9.17) is 0 Å². The first kappa shape index (κ1) is 14.7. The second-order valence-corrected chi connectivity index (χ2v) is 5.91. The molecule has 2 aliphatic rings. The molecule has 2 unspecified atom stereocenters. The Labute approximate surface area is 129 Å². The van der Waals surface area contributed by atoms with Crippen molar-refractivity contribution >= 4 is 17.7 Å². The van der Waals surface area contributed by atoms with Gasteiger partial charge in [-0.1, -0.05) is 0 Å². The summed E-state index contributed by atoms with van der Waals surface area (Å²) < 4.78 is 0. The van der Waals surface area contributed by atoms with Crippen molar-refractivity contribution in [2.45, 2.75) is 25.9 Å². The van der Waals surface area contributed by atoms with Crippen molar-refractivity contribution in [1.29, 1.82) is 0 Å². The number of rotatable bonds is 1. The Hall–Kier alpha value is -2.21. The van der Waals surface area contributed by atoms with Gasteiger partial charge in [-0.3, -0.25) is 19.3 Å². The molecule has 6 nitrogen and oxygen atoms in total. The molecule has 0 bridgehead atoms. The van der Waals surface area contributed by atoms with Crippen molar-refractivity contribution in [1.82, 2.24) is 15.1 Å². The first-order valence-corrected chi connectivity index (χ1v) is 7.42. The number of amides is 3. The van der Waals surface area contributed by atoms with E-state index in [9.17, 15) is 14.4 Å². The topological polar surface area (TPSA) is 69.7 Å². The Bertz CT molecular complexity index is 671. The molecule has 0 aromatic heterocycles. The largest absolute Gasteiger partial charge is 0.333 e. The molecule has 1 N–H and O–H groups in total. The van der Waals surface area contributed by atoms with Gasteiger partial charge in [0.05, 0.1) is 11.1 Å². The highest BCUT2D eigenvalue weighted by Crippen LogP contribution is 2.24. The summed E-state index contributed by atoms with van der Waals surface area (Å²) in [6.07, 6.45) is 0. The van der Waals surface area contributed by atoms with E-state index >= 15 is 0 Å². The molecule has 0 aliphatic carbocycles. The number of imide groups is 1. The fraction of sp³-hybridized carbons (Fsp3) is 0.438. The molecular weight excluding hydrogens is 282 g/mol. The molecule has 22 heavy (non-hydrogen) atoms. The maximum absolute atomic E-state index is 12.7. The van der Waals surface area contributed by atoms with Crippen molar-refractivity contribution in [2.24, 2.45) is 0 Å². The number of fused-ring (bicyclic) bond motifs is 1. The summed E-state index contributed by atoms with van der Waals surface area (Å²) >= 11 is 0. The first-order chi connectivity index (χ1) is 10.4. The van der Waals surface area contributed by atoms with E-state index in [1.54, 1.807) is 18.2 Å². The van der Waals surface area contributed by atoms with E-state index in [1.807, 2.05) is 18.7 Å². The van der Waals surface area contributed by atoms with Gasteiger partial charge < -0.3 is 10.2 Å². The zero-order valence-electron chi connectivity index (χ0n) is 12.9. The lowest BCUT2D eigenvalue weighted by atomic mass is 10.0. The number of piperazine rings is 1. The third-order valence-corrected chi connectivity index (χ3v) is 4.63. The average molecular weight is 301 g/mol. The van der Waals surface area contributed by atoms with Crippen LogP contribution in [0.5, 0.6) is 0 Å². The summed E-state index contributed by atoms with van der Waals surface area (Å²) in [6, 6.07) is 5.05. The molecule has 116 valence electrons. The summed E-state index contributed by atoms with van der Waals surface area (Å²) in [5, 5.41) is 3.33. The Morgan fingerprint density at radius 3 is 2.59 bits per heavy atom. The van der Waals surface area contributed by atoms with Crippen LogP contribution >= 0.6 is 0 Å². The van der Waals surface area contributed by atoms with Crippen LogP contribution in [-0.4, -0.2) is 59.7 Å². The minimum Gasteiger partial charge on any atom is -0.333 e. The van der Waals surface area contributed by atoms with Crippen molar-refractivity contribution in [3.05, 3.63) is 34.9 Å². The molecule has 1 fully saturated rings. The Morgan fingerprint density at radius 2 is 1.86 bits per heavy atom. The average Bonchev–Trinajstić information content (AvgIpc) is 2.74. The van der Waals surface area contributed by atoms with Crippen molar-refractivity contribution in [3.8, 4) is 0 Å². The van der Waals surface area contributed by atoms with Crippen LogP contribution in [0, 0.1) is 0 Å². The van der Waals surface area contributed by atoms with Gasteiger partial charge in [-0.15, -0.1) is 0 Å². The molecule has 1 saturated heterocycles. The summed E-state index contributed by atoms with van der Waals surface area (Å²) in [4.78, 5) is 39.5. The third-order valence-electron chi connectivity index (χ3n) is 4.63. The smallest absolute Gasteiger partial charge is 0.261 e. The summed E-state index contributed by atoms with van der Waals surface area (Å²) in [7, 11) is 1.45. The van der Waals surface area contributed by atoms with Crippen molar-refractivity contribution in [2.75, 3.05) is 20.1 Å². The number of carbonyl (C=O) groups excluding carboxylic acids is 3. The molecule has 2 atom stereocenters. The highest BCUT2D eigenvalue weighted by molar-refractivity contribution is 6.21. The van der Waals surface area contributed by atoms with Gasteiger partial charge in [0, 0.05) is 37.8 Å². The number of hydrogen-bond donors (Lipinski definition) is 1. The second kappa shape index (κ2) is 5.21. The van der Waals surface area contributed by atoms with Crippen molar-refractivity contribution in [3.63, 3.8) is 0 Å². The quantitative estimate of drug-likeness (QED) is 0.777. The predicted molar refractivity (Wildman–Crippen MR) is 80.8 cm³/mol. The van der Waals surface area contributed by atoms with Gasteiger partial charge in [-0.05, 0) is 32.0 Å². The molecule has 0 radical (unpaired) electrons. The summed E-state index contributed by atoms with van der Waals surface area (Å²) in [5.74, 6) is -0.766. The monoisotopic (exact) mass is 301 g/mol. The van der Waals surface area contributed by atoms with Crippen LogP contribution in [0.15, 0.2) is 18.2 Å². The third kappa shape index (κ3) is 2.11. The molecule has 1 aromatic carbocycles. The van der Waals surface area contributed by atoms with Gasteiger partial charge >= 0.3 is 0 Å². The first-order valence-electron chi connectivity index (χ1n) is 7.42. The highest BCUT2D eigenvalue weighted by Gasteiger charge is 2.34. The fourth-order valence-electron chi connectivity index (χ4n) is 3.00. The van der Waals surface area contributed by atoms with Crippen LogP contribution in [0.3, 0.4) is 0 Å². The van der Waals surface area contributed by atoms with Crippen LogP contribution < -0.4 is 5.32 Å². The molecule has 0 spiro atoms. The van der Waals surface area contributed by atoms with Gasteiger partial charge in [-0.25, -0.2) is 0 Å². The predicted octanol–water partition coefficient (Wildman–Crippen LogP) is 0.735. The number of nitrogens with one attached hydrogen (secondary N) is 1. The van der Waals surface area contributed by atoms with Crippen LogP contribution in [-0.2, 0) is 0 Å². The number of benzene rings is 1. The lowest BCUT2D eigenvalue weighted by molar-refractivity contribution is 0.0602. The Morgan fingerprint density at radius 1 is 1.18 bits per heavy atom. The number of hydrogen-bond acceptors (Lipinski definition) is 4.